The molecule has 0 unspecified atom stereocenters. The zero-order chi connectivity index (χ0) is 15.4. The van der Waals surface area contributed by atoms with Gasteiger partial charge in [0.05, 0.1) is 6.04 Å². The molecule has 1 aromatic carbocycles. The largest absolute Gasteiger partial charge is 0.326 e. The number of amides is 1. The van der Waals surface area contributed by atoms with Crippen molar-refractivity contribution >= 4 is 22.9 Å². The van der Waals surface area contributed by atoms with Gasteiger partial charge in [-0.1, -0.05) is 18.2 Å². The van der Waals surface area contributed by atoms with Gasteiger partial charge < -0.3 is 10.6 Å². The van der Waals surface area contributed by atoms with E-state index in [4.69, 9.17) is 0 Å². The molecule has 1 aromatic heterocycles. The molecule has 22 heavy (non-hydrogen) atoms. The lowest BCUT2D eigenvalue weighted by molar-refractivity contribution is -0.114. The second kappa shape index (κ2) is 7.05. The molecule has 3 rings (SSSR count). The van der Waals surface area contributed by atoms with Crippen molar-refractivity contribution < 1.29 is 4.79 Å². The molecule has 1 amide bonds. The van der Waals surface area contributed by atoms with Crippen molar-refractivity contribution in [2.24, 2.45) is 0 Å². The van der Waals surface area contributed by atoms with Crippen molar-refractivity contribution in [3.8, 4) is 0 Å². The molecule has 4 nitrogen and oxygen atoms in total. The van der Waals surface area contributed by atoms with E-state index in [1.54, 1.807) is 11.3 Å². The third-order valence-corrected chi connectivity index (χ3v) is 4.80. The van der Waals surface area contributed by atoms with Gasteiger partial charge in [0.2, 0.25) is 5.91 Å². The van der Waals surface area contributed by atoms with Crippen LogP contribution in [0.1, 0.15) is 23.4 Å². The summed E-state index contributed by atoms with van der Waals surface area (Å²) in [4.78, 5) is 15.0. The molecule has 1 aliphatic rings. The molecule has 5 heteroatoms. The zero-order valence-corrected chi connectivity index (χ0v) is 13.5. The molecular formula is C17H21N3OS. The highest BCUT2D eigenvalue weighted by Gasteiger charge is 2.24. The Kier molecular flexibility index (Phi) is 4.87. The summed E-state index contributed by atoms with van der Waals surface area (Å²) in [6.45, 7) is 5.70. The molecule has 1 saturated heterocycles. The van der Waals surface area contributed by atoms with E-state index in [9.17, 15) is 4.79 Å². The van der Waals surface area contributed by atoms with Crippen LogP contribution in [-0.2, 0) is 4.79 Å². The summed E-state index contributed by atoms with van der Waals surface area (Å²) in [5.41, 5.74) is 2.12. The van der Waals surface area contributed by atoms with E-state index in [1.807, 2.05) is 12.1 Å². The maximum absolute atomic E-state index is 11.1. The highest BCUT2D eigenvalue weighted by Crippen LogP contribution is 2.32. The van der Waals surface area contributed by atoms with E-state index >= 15 is 0 Å². The molecule has 2 N–H and O–H groups in total. The van der Waals surface area contributed by atoms with Crippen molar-refractivity contribution in [1.82, 2.24) is 10.2 Å². The number of carbonyl (C=O) groups is 1. The Labute approximate surface area is 135 Å². The van der Waals surface area contributed by atoms with Gasteiger partial charge in [0.25, 0.3) is 0 Å². The predicted molar refractivity (Wildman–Crippen MR) is 91.4 cm³/mol. The van der Waals surface area contributed by atoms with Gasteiger partial charge in [0.15, 0.2) is 0 Å². The van der Waals surface area contributed by atoms with Gasteiger partial charge in [-0.05, 0) is 29.1 Å². The standard InChI is InChI=1S/C17H21N3OS/c1-13(21)19-15-6-4-14(5-7-15)17(16-3-2-12-22-16)20-10-8-18-9-11-20/h2-7,12,17-18H,8-11H2,1H3,(H,19,21)/t17-/m0/s1. The summed E-state index contributed by atoms with van der Waals surface area (Å²) in [5, 5.41) is 8.37. The molecule has 0 spiro atoms. The maximum atomic E-state index is 11.1. The summed E-state index contributed by atoms with van der Waals surface area (Å²) < 4.78 is 0. The Balaban J connectivity index is 1.86. The van der Waals surface area contributed by atoms with Gasteiger partial charge in [-0.15, -0.1) is 11.3 Å². The normalized spacial score (nSPS) is 17.1. The van der Waals surface area contributed by atoms with Gasteiger partial charge in [0.1, 0.15) is 0 Å². The molecular weight excluding hydrogens is 294 g/mol. The third kappa shape index (κ3) is 3.55. The number of piperazine rings is 1. The SMILES string of the molecule is CC(=O)Nc1ccc([C@@H](c2cccs2)N2CCNCC2)cc1. The number of hydrogen-bond acceptors (Lipinski definition) is 4. The van der Waals surface area contributed by atoms with Crippen LogP contribution < -0.4 is 10.6 Å². The molecule has 1 aliphatic heterocycles. The molecule has 1 atom stereocenters. The fourth-order valence-corrected chi connectivity index (χ4v) is 3.78. The quantitative estimate of drug-likeness (QED) is 0.912. The van der Waals surface area contributed by atoms with E-state index in [2.05, 4.69) is 45.2 Å². The van der Waals surface area contributed by atoms with Crippen molar-refractivity contribution in [1.29, 1.82) is 0 Å². The Morgan fingerprint density at radius 1 is 1.23 bits per heavy atom. The summed E-state index contributed by atoms with van der Waals surface area (Å²) in [6.07, 6.45) is 0. The molecule has 0 bridgehead atoms. The number of nitrogens with one attached hydrogen (secondary N) is 2. The fourth-order valence-electron chi connectivity index (χ4n) is 2.89. The van der Waals surface area contributed by atoms with Crippen LogP contribution in [0.25, 0.3) is 0 Å². The first-order valence-corrected chi connectivity index (χ1v) is 8.48. The van der Waals surface area contributed by atoms with Crippen LogP contribution in [0.15, 0.2) is 41.8 Å². The van der Waals surface area contributed by atoms with Crippen LogP contribution in [0.5, 0.6) is 0 Å². The molecule has 0 saturated carbocycles. The highest BCUT2D eigenvalue weighted by atomic mass is 32.1. The first kappa shape index (κ1) is 15.2. The van der Waals surface area contributed by atoms with Crippen molar-refractivity contribution in [3.63, 3.8) is 0 Å². The van der Waals surface area contributed by atoms with Crippen molar-refractivity contribution in [2.75, 3.05) is 31.5 Å². The Bertz CT molecular complexity index is 603. The summed E-state index contributed by atoms with van der Waals surface area (Å²) in [7, 11) is 0. The van der Waals surface area contributed by atoms with E-state index in [-0.39, 0.29) is 5.91 Å². The Hall–Kier alpha value is -1.69. The molecule has 2 aromatic rings. The van der Waals surface area contributed by atoms with Crippen molar-refractivity contribution in [3.05, 3.63) is 52.2 Å². The second-order valence-electron chi connectivity index (χ2n) is 5.51. The van der Waals surface area contributed by atoms with E-state index in [0.29, 0.717) is 6.04 Å². The lowest BCUT2D eigenvalue weighted by atomic mass is 10.0. The van der Waals surface area contributed by atoms with Gasteiger partial charge in [-0.25, -0.2) is 0 Å². The molecule has 0 aliphatic carbocycles. The number of thiophene rings is 1. The van der Waals surface area contributed by atoms with Crippen LogP contribution >= 0.6 is 11.3 Å². The smallest absolute Gasteiger partial charge is 0.221 e. The van der Waals surface area contributed by atoms with E-state index < -0.39 is 0 Å². The van der Waals surface area contributed by atoms with Gasteiger partial charge >= 0.3 is 0 Å². The molecule has 2 heterocycles. The minimum Gasteiger partial charge on any atom is -0.326 e. The first-order valence-electron chi connectivity index (χ1n) is 7.60. The average molecular weight is 315 g/mol. The summed E-state index contributed by atoms with van der Waals surface area (Å²) in [5.74, 6) is -0.0374. The number of anilines is 1. The van der Waals surface area contributed by atoms with Gasteiger partial charge in [-0.2, -0.15) is 0 Å². The summed E-state index contributed by atoms with van der Waals surface area (Å²) in [6, 6.07) is 12.8. The predicted octanol–water partition coefficient (Wildman–Crippen LogP) is 2.70. The lowest BCUT2D eigenvalue weighted by Gasteiger charge is -2.34. The van der Waals surface area contributed by atoms with Crippen LogP contribution in [0.3, 0.4) is 0 Å². The van der Waals surface area contributed by atoms with Crippen LogP contribution in [-0.4, -0.2) is 37.0 Å². The Morgan fingerprint density at radius 3 is 2.55 bits per heavy atom. The second-order valence-corrected chi connectivity index (χ2v) is 6.49. The fraction of sp³-hybridized carbons (Fsp3) is 0.353. The first-order chi connectivity index (χ1) is 10.7. The monoisotopic (exact) mass is 315 g/mol. The average Bonchev–Trinajstić information content (AvgIpc) is 3.04. The highest BCUT2D eigenvalue weighted by molar-refractivity contribution is 7.10. The number of nitrogens with zero attached hydrogens (tertiary/aromatic N) is 1. The Morgan fingerprint density at radius 2 is 1.95 bits per heavy atom. The molecule has 1 fully saturated rings. The van der Waals surface area contributed by atoms with Gasteiger partial charge in [-0.3, -0.25) is 9.69 Å². The maximum Gasteiger partial charge on any atom is 0.221 e. The minimum atomic E-state index is -0.0374. The minimum absolute atomic E-state index is 0.0374. The lowest BCUT2D eigenvalue weighted by Crippen LogP contribution is -2.45. The van der Waals surface area contributed by atoms with Crippen LogP contribution in [0.2, 0.25) is 0 Å². The van der Waals surface area contributed by atoms with Crippen LogP contribution in [0.4, 0.5) is 5.69 Å². The molecule has 0 radical (unpaired) electrons. The van der Waals surface area contributed by atoms with E-state index in [0.717, 1.165) is 31.9 Å². The number of rotatable bonds is 4. The van der Waals surface area contributed by atoms with Gasteiger partial charge in [0, 0.05) is 43.7 Å². The third-order valence-electron chi connectivity index (χ3n) is 3.88. The number of benzene rings is 1. The van der Waals surface area contributed by atoms with E-state index in [1.165, 1.54) is 17.4 Å². The topological polar surface area (TPSA) is 44.4 Å². The number of carbonyl (C=O) groups excluding carboxylic acids is 1. The van der Waals surface area contributed by atoms with Crippen LogP contribution in [0, 0.1) is 0 Å². The summed E-state index contributed by atoms with van der Waals surface area (Å²) >= 11 is 1.80. The zero-order valence-electron chi connectivity index (χ0n) is 12.7. The number of hydrogen-bond donors (Lipinski definition) is 2. The van der Waals surface area contributed by atoms with Crippen molar-refractivity contribution in [2.45, 2.75) is 13.0 Å². The molecule has 116 valence electrons.